The summed E-state index contributed by atoms with van der Waals surface area (Å²) in [6.07, 6.45) is 0.886. The maximum absolute atomic E-state index is 12.0. The Labute approximate surface area is 120 Å². The van der Waals surface area contributed by atoms with Crippen molar-refractivity contribution in [3.05, 3.63) is 43.8 Å². The first-order valence-electron chi connectivity index (χ1n) is 6.19. The summed E-state index contributed by atoms with van der Waals surface area (Å²) in [4.78, 5) is 16.0. The average molecular weight is 325 g/mol. The summed E-state index contributed by atoms with van der Waals surface area (Å²) in [7, 11) is 1.89. The molecular formula is C13H17BrN4O. The molecule has 0 radical (unpaired) electrons. The number of halogens is 1. The topological polar surface area (TPSA) is 52.7 Å². The van der Waals surface area contributed by atoms with Crippen LogP contribution in [0.4, 0.5) is 0 Å². The lowest BCUT2D eigenvalue weighted by Gasteiger charge is -2.12. The molecule has 2 rings (SSSR count). The first kappa shape index (κ1) is 14.0. The lowest BCUT2D eigenvalue weighted by Crippen LogP contribution is -2.27. The van der Waals surface area contributed by atoms with Gasteiger partial charge >= 0.3 is 5.69 Å². The maximum atomic E-state index is 12.0. The van der Waals surface area contributed by atoms with Gasteiger partial charge in [-0.1, -0.05) is 6.92 Å². The van der Waals surface area contributed by atoms with Gasteiger partial charge in [-0.05, 0) is 42.3 Å². The molecule has 2 aromatic heterocycles. The average Bonchev–Trinajstić information content (AvgIpc) is 2.73. The lowest BCUT2D eigenvalue weighted by molar-refractivity contribution is 0.622. The van der Waals surface area contributed by atoms with Crippen LogP contribution >= 0.6 is 15.9 Å². The quantitative estimate of drug-likeness (QED) is 0.867. The predicted octanol–water partition coefficient (Wildman–Crippen LogP) is 1.97. The van der Waals surface area contributed by atoms with Crippen LogP contribution in [-0.4, -0.2) is 19.3 Å². The van der Waals surface area contributed by atoms with Crippen LogP contribution in [0, 0.1) is 13.8 Å². The monoisotopic (exact) mass is 324 g/mol. The summed E-state index contributed by atoms with van der Waals surface area (Å²) in [5.41, 5.74) is 3.41. The first-order valence-corrected chi connectivity index (χ1v) is 6.98. The minimum atomic E-state index is -0.225. The van der Waals surface area contributed by atoms with Crippen LogP contribution in [0.1, 0.15) is 29.7 Å². The number of aryl methyl sites for hydroxylation is 3. The molecule has 0 aliphatic carbocycles. The number of nitrogens with zero attached hydrogens (tertiary/aromatic N) is 4. The second-order valence-electron chi connectivity index (χ2n) is 4.57. The zero-order valence-corrected chi connectivity index (χ0v) is 13.2. The lowest BCUT2D eigenvalue weighted by atomic mass is 10.3. The van der Waals surface area contributed by atoms with Crippen LogP contribution in [0.5, 0.6) is 0 Å². The highest BCUT2D eigenvalue weighted by Gasteiger charge is 2.12. The van der Waals surface area contributed by atoms with Gasteiger partial charge in [-0.25, -0.2) is 4.79 Å². The second kappa shape index (κ2) is 5.28. The Kier molecular flexibility index (Phi) is 3.89. The summed E-state index contributed by atoms with van der Waals surface area (Å²) < 4.78 is 4.36. The van der Waals surface area contributed by atoms with Gasteiger partial charge in [0, 0.05) is 12.7 Å². The van der Waals surface area contributed by atoms with Crippen molar-refractivity contribution in [3.8, 4) is 0 Å². The highest BCUT2D eigenvalue weighted by molar-refractivity contribution is 9.10. The molecule has 0 saturated heterocycles. The smallest absolute Gasteiger partial charge is 0.289 e. The van der Waals surface area contributed by atoms with Crippen LogP contribution in [-0.2, 0) is 20.0 Å². The fourth-order valence-electron chi connectivity index (χ4n) is 2.02. The highest BCUT2D eigenvalue weighted by atomic mass is 79.9. The van der Waals surface area contributed by atoms with Crippen molar-refractivity contribution in [1.82, 2.24) is 19.3 Å². The largest absolute Gasteiger partial charge is 0.348 e. The summed E-state index contributed by atoms with van der Waals surface area (Å²) >= 11 is 3.47. The fourth-order valence-corrected chi connectivity index (χ4v) is 2.32. The zero-order chi connectivity index (χ0) is 14.2. The van der Waals surface area contributed by atoms with Crippen LogP contribution in [0.15, 0.2) is 15.3 Å². The van der Waals surface area contributed by atoms with Crippen LogP contribution in [0.2, 0.25) is 0 Å². The van der Waals surface area contributed by atoms with Gasteiger partial charge in [0.25, 0.3) is 0 Å². The number of hydrogen-bond donors (Lipinski definition) is 0. The van der Waals surface area contributed by atoms with Crippen molar-refractivity contribution >= 4 is 15.9 Å². The minimum Gasteiger partial charge on any atom is -0.289 e. The van der Waals surface area contributed by atoms with Crippen molar-refractivity contribution in [1.29, 1.82) is 0 Å². The third-order valence-electron chi connectivity index (χ3n) is 3.24. The van der Waals surface area contributed by atoms with E-state index in [9.17, 15) is 4.79 Å². The first-order chi connectivity index (χ1) is 8.93. The SMILES string of the molecule is CCc1cc(Cn2c(C)c(Br)c(C)nc2=O)n(C)n1. The van der Waals surface area contributed by atoms with Gasteiger partial charge < -0.3 is 0 Å². The van der Waals surface area contributed by atoms with Gasteiger partial charge in [0.05, 0.1) is 28.1 Å². The van der Waals surface area contributed by atoms with Crippen molar-refractivity contribution in [3.63, 3.8) is 0 Å². The summed E-state index contributed by atoms with van der Waals surface area (Å²) in [5, 5.41) is 4.39. The van der Waals surface area contributed by atoms with E-state index in [-0.39, 0.29) is 5.69 Å². The second-order valence-corrected chi connectivity index (χ2v) is 5.36. The van der Waals surface area contributed by atoms with Gasteiger partial charge in [0.1, 0.15) is 0 Å². The molecule has 6 heteroatoms. The summed E-state index contributed by atoms with van der Waals surface area (Å²) in [6.45, 7) is 6.28. The van der Waals surface area contributed by atoms with Gasteiger partial charge in [-0.3, -0.25) is 9.25 Å². The van der Waals surface area contributed by atoms with Crippen molar-refractivity contribution in [2.45, 2.75) is 33.7 Å². The molecule has 0 aromatic carbocycles. The molecule has 102 valence electrons. The molecular weight excluding hydrogens is 308 g/mol. The molecule has 0 saturated carbocycles. The summed E-state index contributed by atoms with van der Waals surface area (Å²) in [6, 6.07) is 2.03. The molecule has 0 fully saturated rings. The van der Waals surface area contributed by atoms with E-state index in [4.69, 9.17) is 0 Å². The normalized spacial score (nSPS) is 11.0. The Bertz CT molecular complexity index is 672. The molecule has 19 heavy (non-hydrogen) atoms. The molecule has 0 atom stereocenters. The number of aromatic nitrogens is 4. The molecule has 0 unspecified atom stereocenters. The van der Waals surface area contributed by atoms with Gasteiger partial charge in [0.2, 0.25) is 0 Å². The molecule has 5 nitrogen and oxygen atoms in total. The highest BCUT2D eigenvalue weighted by Crippen LogP contribution is 2.17. The molecule has 0 amide bonds. The Morgan fingerprint density at radius 1 is 1.37 bits per heavy atom. The van der Waals surface area contributed by atoms with Crippen molar-refractivity contribution in [2.24, 2.45) is 7.05 Å². The van der Waals surface area contributed by atoms with E-state index in [2.05, 4.69) is 32.9 Å². The molecule has 0 aliphatic heterocycles. The number of hydrogen-bond acceptors (Lipinski definition) is 3. The van der Waals surface area contributed by atoms with Gasteiger partial charge in [0.15, 0.2) is 0 Å². The van der Waals surface area contributed by atoms with Crippen LogP contribution in [0.3, 0.4) is 0 Å². The Balaban J connectivity index is 2.46. The van der Waals surface area contributed by atoms with Gasteiger partial charge in [-0.2, -0.15) is 10.1 Å². The van der Waals surface area contributed by atoms with Gasteiger partial charge in [-0.15, -0.1) is 0 Å². The fraction of sp³-hybridized carbons (Fsp3) is 0.462. The van der Waals surface area contributed by atoms with Crippen LogP contribution < -0.4 is 5.69 Å². The maximum Gasteiger partial charge on any atom is 0.348 e. The van der Waals surface area contributed by atoms with Crippen molar-refractivity contribution in [2.75, 3.05) is 0 Å². The Morgan fingerprint density at radius 2 is 2.05 bits per heavy atom. The van der Waals surface area contributed by atoms with Crippen LogP contribution in [0.25, 0.3) is 0 Å². The third-order valence-corrected chi connectivity index (χ3v) is 4.39. The van der Waals surface area contributed by atoms with Crippen molar-refractivity contribution < 1.29 is 0 Å². The number of rotatable bonds is 3. The van der Waals surface area contributed by atoms with E-state index < -0.39 is 0 Å². The van der Waals surface area contributed by atoms with E-state index in [0.29, 0.717) is 6.54 Å². The molecule has 2 aromatic rings. The predicted molar refractivity (Wildman–Crippen MR) is 77.4 cm³/mol. The van der Waals surface area contributed by atoms with E-state index in [1.165, 1.54) is 0 Å². The zero-order valence-electron chi connectivity index (χ0n) is 11.6. The van der Waals surface area contributed by atoms with E-state index in [1.807, 2.05) is 31.6 Å². The minimum absolute atomic E-state index is 0.225. The summed E-state index contributed by atoms with van der Waals surface area (Å²) in [5.74, 6) is 0. The van der Waals surface area contributed by atoms with E-state index >= 15 is 0 Å². The van der Waals surface area contributed by atoms with E-state index in [0.717, 1.165) is 33.7 Å². The molecule has 0 N–H and O–H groups in total. The molecule has 2 heterocycles. The Hall–Kier alpha value is -1.43. The third kappa shape index (κ3) is 2.63. The molecule has 0 aliphatic rings. The van der Waals surface area contributed by atoms with E-state index in [1.54, 1.807) is 4.57 Å². The molecule has 0 bridgehead atoms. The Morgan fingerprint density at radius 3 is 2.63 bits per heavy atom. The standard InChI is InChI=1S/C13H17BrN4O/c1-5-10-6-11(17(4)16-10)7-18-9(3)12(14)8(2)15-13(18)19/h6H,5,7H2,1-4H3. The molecule has 0 spiro atoms.